The fourth-order valence-electron chi connectivity index (χ4n) is 4.04. The van der Waals surface area contributed by atoms with E-state index in [1.54, 1.807) is 0 Å². The fourth-order valence-corrected chi connectivity index (χ4v) is 4.04. The average Bonchev–Trinajstić information content (AvgIpc) is 3.35. The first-order chi connectivity index (χ1) is 13.5. The predicted molar refractivity (Wildman–Crippen MR) is 107 cm³/mol. The molecule has 2 aliphatic rings. The van der Waals surface area contributed by atoms with E-state index in [1.807, 2.05) is 29.2 Å². The number of likely N-dealkylation sites (tertiary alicyclic amines) is 1. The zero-order valence-corrected chi connectivity index (χ0v) is 16.8. The molecule has 2 amide bonds. The summed E-state index contributed by atoms with van der Waals surface area (Å²) in [6, 6.07) is 7.98. The molecule has 1 aromatic rings. The van der Waals surface area contributed by atoms with E-state index in [0.717, 1.165) is 32.1 Å². The van der Waals surface area contributed by atoms with E-state index in [4.69, 9.17) is 4.74 Å². The molecule has 0 radical (unpaired) electrons. The summed E-state index contributed by atoms with van der Waals surface area (Å²) >= 11 is 0. The second kappa shape index (κ2) is 9.22. The van der Waals surface area contributed by atoms with Gasteiger partial charge in [0.15, 0.2) is 6.61 Å². The van der Waals surface area contributed by atoms with Crippen LogP contribution >= 0.6 is 0 Å². The molecule has 28 heavy (non-hydrogen) atoms. The standard InChI is InChI=1S/C22H30N2O4/c1-3-15(2)16-8-10-18(11-9-16)23-20(25)14-28-22(27)17-12-21(26)24(13-17)19-6-4-5-7-19/h8-11,15,17,19H,3-7,12-14H2,1-2H3,(H,23,25)/t15-,17-/m1/s1. The van der Waals surface area contributed by atoms with E-state index in [1.165, 1.54) is 5.56 Å². The Morgan fingerprint density at radius 2 is 1.89 bits per heavy atom. The van der Waals surface area contributed by atoms with Crippen LogP contribution in [0.1, 0.15) is 63.9 Å². The third kappa shape index (κ3) is 4.91. The van der Waals surface area contributed by atoms with Gasteiger partial charge in [0.1, 0.15) is 0 Å². The minimum atomic E-state index is -0.462. The molecule has 0 aromatic heterocycles. The van der Waals surface area contributed by atoms with Crippen LogP contribution < -0.4 is 5.32 Å². The highest BCUT2D eigenvalue weighted by molar-refractivity contribution is 5.93. The number of nitrogens with one attached hydrogen (secondary N) is 1. The van der Waals surface area contributed by atoms with Gasteiger partial charge < -0.3 is 15.0 Å². The lowest BCUT2D eigenvalue weighted by molar-refractivity contribution is -0.151. The first kappa shape index (κ1) is 20.4. The lowest BCUT2D eigenvalue weighted by atomic mass is 9.99. The van der Waals surface area contributed by atoms with Gasteiger partial charge >= 0.3 is 5.97 Å². The molecule has 1 aliphatic heterocycles. The maximum absolute atomic E-state index is 12.3. The van der Waals surface area contributed by atoms with Gasteiger partial charge in [-0.3, -0.25) is 14.4 Å². The van der Waals surface area contributed by atoms with Gasteiger partial charge in [0, 0.05) is 24.7 Å². The minimum absolute atomic E-state index is 0.0275. The van der Waals surface area contributed by atoms with Crippen molar-refractivity contribution in [3.8, 4) is 0 Å². The number of nitrogens with zero attached hydrogens (tertiary/aromatic N) is 1. The molecule has 0 spiro atoms. The molecule has 6 heteroatoms. The van der Waals surface area contributed by atoms with Crippen LogP contribution in [0.15, 0.2) is 24.3 Å². The van der Waals surface area contributed by atoms with Gasteiger partial charge in [0.2, 0.25) is 5.91 Å². The Hall–Kier alpha value is -2.37. The molecule has 152 valence electrons. The Kier molecular flexibility index (Phi) is 6.70. The van der Waals surface area contributed by atoms with Crippen molar-refractivity contribution in [1.82, 2.24) is 4.90 Å². The van der Waals surface area contributed by atoms with E-state index >= 15 is 0 Å². The van der Waals surface area contributed by atoms with Crippen LogP contribution in [0.3, 0.4) is 0 Å². The summed E-state index contributed by atoms with van der Waals surface area (Å²) in [5.74, 6) is -0.795. The molecule has 2 fully saturated rings. The van der Waals surface area contributed by atoms with Crippen molar-refractivity contribution in [3.05, 3.63) is 29.8 Å². The number of amides is 2. The summed E-state index contributed by atoms with van der Waals surface area (Å²) in [5, 5.41) is 2.74. The number of carbonyl (C=O) groups excluding carboxylic acids is 3. The van der Waals surface area contributed by atoms with Gasteiger partial charge in [0.25, 0.3) is 5.91 Å². The predicted octanol–water partition coefficient (Wildman–Crippen LogP) is 3.47. The zero-order chi connectivity index (χ0) is 20.1. The summed E-state index contributed by atoms with van der Waals surface area (Å²) in [4.78, 5) is 38.4. The largest absolute Gasteiger partial charge is 0.455 e. The molecule has 6 nitrogen and oxygen atoms in total. The van der Waals surface area contributed by atoms with Gasteiger partial charge in [-0.2, -0.15) is 0 Å². The SMILES string of the molecule is CC[C@@H](C)c1ccc(NC(=O)COC(=O)[C@@H]2CC(=O)N(C3CCCC3)C2)cc1. The van der Waals surface area contributed by atoms with Crippen molar-refractivity contribution in [2.24, 2.45) is 5.92 Å². The molecule has 2 atom stereocenters. The number of carbonyl (C=O) groups is 3. The first-order valence-corrected chi connectivity index (χ1v) is 10.3. The maximum Gasteiger partial charge on any atom is 0.311 e. The molecule has 0 bridgehead atoms. The molecule has 3 rings (SSSR count). The molecule has 1 aliphatic carbocycles. The van der Waals surface area contributed by atoms with Crippen molar-refractivity contribution in [3.63, 3.8) is 0 Å². The highest BCUT2D eigenvalue weighted by Gasteiger charge is 2.39. The number of hydrogen-bond donors (Lipinski definition) is 1. The van der Waals surface area contributed by atoms with Gasteiger partial charge in [-0.05, 0) is 42.9 Å². The Morgan fingerprint density at radius 1 is 1.21 bits per heavy atom. The number of benzene rings is 1. The molecule has 0 unspecified atom stereocenters. The van der Waals surface area contributed by atoms with E-state index in [9.17, 15) is 14.4 Å². The molecule has 1 saturated heterocycles. The number of ether oxygens (including phenoxy) is 1. The minimum Gasteiger partial charge on any atom is -0.455 e. The van der Waals surface area contributed by atoms with Crippen molar-refractivity contribution >= 4 is 23.5 Å². The number of rotatable bonds is 7. The van der Waals surface area contributed by atoms with Crippen LogP contribution in [-0.2, 0) is 19.1 Å². The summed E-state index contributed by atoms with van der Waals surface area (Å²) in [6.07, 6.45) is 5.57. The normalized spacial score (nSPS) is 21.0. The van der Waals surface area contributed by atoms with Crippen molar-refractivity contribution < 1.29 is 19.1 Å². The van der Waals surface area contributed by atoms with Gasteiger partial charge in [-0.25, -0.2) is 0 Å². The highest BCUT2D eigenvalue weighted by Crippen LogP contribution is 2.29. The topological polar surface area (TPSA) is 75.7 Å². The number of hydrogen-bond acceptors (Lipinski definition) is 4. The van der Waals surface area contributed by atoms with Crippen LogP contribution in [0.5, 0.6) is 0 Å². The Bertz CT molecular complexity index is 710. The quantitative estimate of drug-likeness (QED) is 0.728. The molecule has 1 saturated carbocycles. The van der Waals surface area contributed by atoms with Crippen molar-refractivity contribution in [2.75, 3.05) is 18.5 Å². The van der Waals surface area contributed by atoms with Crippen LogP contribution in [0, 0.1) is 5.92 Å². The van der Waals surface area contributed by atoms with Crippen molar-refractivity contribution in [2.45, 2.75) is 64.3 Å². The maximum atomic E-state index is 12.3. The van der Waals surface area contributed by atoms with Crippen LogP contribution in [0.2, 0.25) is 0 Å². The lowest BCUT2D eigenvalue weighted by Crippen LogP contribution is -2.35. The van der Waals surface area contributed by atoms with E-state index < -0.39 is 11.9 Å². The second-order valence-electron chi connectivity index (χ2n) is 7.97. The Labute approximate surface area is 166 Å². The third-order valence-electron chi connectivity index (χ3n) is 5.98. The summed E-state index contributed by atoms with van der Waals surface area (Å²) in [5.41, 5.74) is 1.90. The Morgan fingerprint density at radius 3 is 2.54 bits per heavy atom. The highest BCUT2D eigenvalue weighted by atomic mass is 16.5. The summed E-state index contributed by atoms with van der Waals surface area (Å²) in [6.45, 7) is 4.38. The van der Waals surface area contributed by atoms with Crippen LogP contribution in [-0.4, -0.2) is 41.9 Å². The van der Waals surface area contributed by atoms with Crippen LogP contribution in [0.25, 0.3) is 0 Å². The monoisotopic (exact) mass is 386 g/mol. The molecular weight excluding hydrogens is 356 g/mol. The van der Waals surface area contributed by atoms with E-state index in [2.05, 4.69) is 19.2 Å². The third-order valence-corrected chi connectivity index (χ3v) is 5.98. The average molecular weight is 386 g/mol. The van der Waals surface area contributed by atoms with Gasteiger partial charge in [-0.1, -0.05) is 38.8 Å². The van der Waals surface area contributed by atoms with Gasteiger partial charge in [0.05, 0.1) is 5.92 Å². The first-order valence-electron chi connectivity index (χ1n) is 10.3. The number of esters is 1. The van der Waals surface area contributed by atoms with E-state index in [-0.39, 0.29) is 30.9 Å². The number of anilines is 1. The van der Waals surface area contributed by atoms with Gasteiger partial charge in [-0.15, -0.1) is 0 Å². The van der Waals surface area contributed by atoms with Crippen LogP contribution in [0.4, 0.5) is 5.69 Å². The summed E-state index contributed by atoms with van der Waals surface area (Å²) < 4.78 is 5.17. The molecule has 1 N–H and O–H groups in total. The zero-order valence-electron chi connectivity index (χ0n) is 16.8. The smallest absolute Gasteiger partial charge is 0.311 e. The fraction of sp³-hybridized carbons (Fsp3) is 0.591. The lowest BCUT2D eigenvalue weighted by Gasteiger charge is -2.23. The molecule has 1 aromatic carbocycles. The van der Waals surface area contributed by atoms with E-state index in [0.29, 0.717) is 18.2 Å². The van der Waals surface area contributed by atoms with Crippen molar-refractivity contribution in [1.29, 1.82) is 0 Å². The summed E-state index contributed by atoms with van der Waals surface area (Å²) in [7, 11) is 0. The Balaban J connectivity index is 1.44. The molecule has 1 heterocycles. The molecular formula is C22H30N2O4. The second-order valence-corrected chi connectivity index (χ2v) is 7.97.